The smallest absolute Gasteiger partial charge is 0.406 e. The zero-order chi connectivity index (χ0) is 20.4. The van der Waals surface area contributed by atoms with Crippen LogP contribution in [0, 0.1) is 5.92 Å². The minimum Gasteiger partial charge on any atom is -0.496 e. The van der Waals surface area contributed by atoms with Crippen LogP contribution in [0.5, 0.6) is 5.75 Å². The fourth-order valence-electron chi connectivity index (χ4n) is 2.67. The van der Waals surface area contributed by atoms with Gasteiger partial charge in [-0.25, -0.2) is 4.79 Å². The monoisotopic (exact) mass is 408 g/mol. The van der Waals surface area contributed by atoms with E-state index in [1.165, 1.54) is 19.2 Å². The topological polar surface area (TPSA) is 81.9 Å². The lowest BCUT2D eigenvalue weighted by atomic mass is 10.1. The molecule has 0 spiro atoms. The number of hydrogen-bond donors (Lipinski definition) is 1. The fourth-order valence-corrected chi connectivity index (χ4v) is 2.83. The van der Waals surface area contributed by atoms with Crippen molar-refractivity contribution in [2.24, 2.45) is 5.92 Å². The van der Waals surface area contributed by atoms with Crippen molar-refractivity contribution in [3.8, 4) is 5.75 Å². The lowest BCUT2D eigenvalue weighted by Crippen LogP contribution is -2.47. The van der Waals surface area contributed by atoms with Crippen molar-refractivity contribution in [1.82, 2.24) is 4.90 Å². The van der Waals surface area contributed by atoms with Gasteiger partial charge in [-0.05, 0) is 31.7 Å². The van der Waals surface area contributed by atoms with Crippen LogP contribution in [-0.4, -0.2) is 49.3 Å². The number of hydrogen-bond acceptors (Lipinski definition) is 5. The molecule has 1 aromatic carbocycles. The van der Waals surface area contributed by atoms with Crippen molar-refractivity contribution < 1.29 is 32.2 Å². The molecule has 0 aromatic heterocycles. The van der Waals surface area contributed by atoms with Gasteiger partial charge in [-0.15, -0.1) is 0 Å². The summed E-state index contributed by atoms with van der Waals surface area (Å²) < 4.78 is 48.3. The Morgan fingerprint density at radius 1 is 1.37 bits per heavy atom. The number of methoxy groups -OCH3 is 1. The number of halogens is 4. The number of nitrogen functional groups attached to an aromatic ring is 1. The summed E-state index contributed by atoms with van der Waals surface area (Å²) in [6.45, 7) is -0.652. The minimum atomic E-state index is -4.55. The van der Waals surface area contributed by atoms with Gasteiger partial charge in [0.2, 0.25) is 0 Å². The minimum absolute atomic E-state index is 0.0306. The molecule has 1 aliphatic carbocycles. The summed E-state index contributed by atoms with van der Waals surface area (Å²) in [5.41, 5.74) is 5.72. The highest BCUT2D eigenvalue weighted by Gasteiger charge is 2.40. The molecule has 0 radical (unpaired) electrons. The lowest BCUT2D eigenvalue weighted by molar-refractivity contribution is -0.167. The maximum atomic E-state index is 12.8. The average Bonchev–Trinajstić information content (AvgIpc) is 3.42. The second-order valence-electron chi connectivity index (χ2n) is 6.36. The molecule has 2 rings (SSSR count). The summed E-state index contributed by atoms with van der Waals surface area (Å²) >= 11 is 5.87. The first-order chi connectivity index (χ1) is 12.5. The van der Waals surface area contributed by atoms with Crippen molar-refractivity contribution in [2.45, 2.75) is 32.0 Å². The third-order valence-corrected chi connectivity index (χ3v) is 4.66. The van der Waals surface area contributed by atoms with Crippen LogP contribution in [0.3, 0.4) is 0 Å². The van der Waals surface area contributed by atoms with Crippen molar-refractivity contribution in [3.05, 3.63) is 22.7 Å². The highest BCUT2D eigenvalue weighted by Crippen LogP contribution is 2.36. The maximum absolute atomic E-state index is 12.8. The van der Waals surface area contributed by atoms with E-state index in [0.29, 0.717) is 4.90 Å². The second kappa shape index (κ2) is 8.24. The van der Waals surface area contributed by atoms with Crippen LogP contribution in [0.25, 0.3) is 0 Å². The Kier molecular flexibility index (Phi) is 6.46. The van der Waals surface area contributed by atoms with Crippen LogP contribution < -0.4 is 10.5 Å². The maximum Gasteiger partial charge on any atom is 0.406 e. The molecule has 10 heteroatoms. The van der Waals surface area contributed by atoms with E-state index in [1.54, 1.807) is 6.92 Å². The Morgan fingerprint density at radius 3 is 2.52 bits per heavy atom. The third kappa shape index (κ3) is 5.66. The predicted octanol–water partition coefficient (Wildman–Crippen LogP) is 3.28. The molecule has 1 aromatic rings. The van der Waals surface area contributed by atoms with Crippen LogP contribution in [0.2, 0.25) is 5.02 Å². The Balaban J connectivity index is 2.08. The number of rotatable bonds is 7. The Labute approximate surface area is 159 Å². The van der Waals surface area contributed by atoms with E-state index in [9.17, 15) is 22.8 Å². The van der Waals surface area contributed by atoms with E-state index in [1.807, 2.05) is 0 Å². The first kappa shape index (κ1) is 21.1. The Hall–Kier alpha value is -2.16. The van der Waals surface area contributed by atoms with E-state index in [2.05, 4.69) is 0 Å². The molecule has 0 aliphatic heterocycles. The van der Waals surface area contributed by atoms with Gasteiger partial charge in [0.1, 0.15) is 17.9 Å². The van der Waals surface area contributed by atoms with Gasteiger partial charge < -0.3 is 20.1 Å². The molecule has 1 saturated carbocycles. The van der Waals surface area contributed by atoms with E-state index in [0.717, 1.165) is 12.8 Å². The van der Waals surface area contributed by atoms with Gasteiger partial charge in [-0.1, -0.05) is 11.6 Å². The normalized spacial score (nSPS) is 15.2. The number of carbonyl (C=O) groups excluding carboxylic acids is 2. The van der Waals surface area contributed by atoms with Gasteiger partial charge in [-0.3, -0.25) is 4.79 Å². The van der Waals surface area contributed by atoms with E-state index in [-0.39, 0.29) is 27.9 Å². The summed E-state index contributed by atoms with van der Waals surface area (Å²) in [6.07, 6.45) is -3.01. The molecule has 2 N–H and O–H groups in total. The van der Waals surface area contributed by atoms with Gasteiger partial charge in [0.25, 0.3) is 5.91 Å². The van der Waals surface area contributed by atoms with E-state index < -0.39 is 37.2 Å². The number of anilines is 1. The summed E-state index contributed by atoms with van der Waals surface area (Å²) in [5.74, 6) is -1.76. The molecule has 1 aliphatic rings. The quantitative estimate of drug-likeness (QED) is 0.553. The predicted molar refractivity (Wildman–Crippen MR) is 92.7 cm³/mol. The zero-order valence-electron chi connectivity index (χ0n) is 14.8. The van der Waals surface area contributed by atoms with Crippen LogP contribution in [0.1, 0.15) is 30.1 Å². The summed E-state index contributed by atoms with van der Waals surface area (Å²) in [4.78, 5) is 25.2. The highest BCUT2D eigenvalue weighted by molar-refractivity contribution is 6.33. The number of esters is 1. The second-order valence-corrected chi connectivity index (χ2v) is 6.77. The molecule has 0 saturated heterocycles. The van der Waals surface area contributed by atoms with Crippen LogP contribution in [0.15, 0.2) is 12.1 Å². The van der Waals surface area contributed by atoms with Crippen molar-refractivity contribution in [3.63, 3.8) is 0 Å². The standard InChI is InChI=1S/C17H20ClF3N2O4/c1-9(10-3-4-10)23(8-17(19,20)21)15(24)7-27-16(25)11-5-12(18)13(22)6-14(11)26-2/h5-6,9-10H,3-4,7-8,22H2,1-2H3/t9-/m0/s1. The molecular weight excluding hydrogens is 389 g/mol. The van der Waals surface area contributed by atoms with E-state index >= 15 is 0 Å². The van der Waals surface area contributed by atoms with Gasteiger partial charge in [0.05, 0.1) is 17.8 Å². The molecule has 1 fully saturated rings. The number of benzene rings is 1. The van der Waals surface area contributed by atoms with Crippen molar-refractivity contribution in [2.75, 3.05) is 26.0 Å². The van der Waals surface area contributed by atoms with Gasteiger partial charge in [0, 0.05) is 12.1 Å². The molecule has 150 valence electrons. The largest absolute Gasteiger partial charge is 0.496 e. The average molecular weight is 409 g/mol. The van der Waals surface area contributed by atoms with Crippen LogP contribution in [-0.2, 0) is 9.53 Å². The Morgan fingerprint density at radius 2 is 2.00 bits per heavy atom. The van der Waals surface area contributed by atoms with Crippen molar-refractivity contribution >= 4 is 29.2 Å². The molecular formula is C17H20ClF3N2O4. The van der Waals surface area contributed by atoms with Crippen LogP contribution >= 0.6 is 11.6 Å². The van der Waals surface area contributed by atoms with Gasteiger partial charge in [-0.2, -0.15) is 13.2 Å². The molecule has 1 atom stereocenters. The summed E-state index contributed by atoms with van der Waals surface area (Å²) in [6, 6.07) is 1.94. The van der Waals surface area contributed by atoms with E-state index in [4.69, 9.17) is 26.8 Å². The van der Waals surface area contributed by atoms with Crippen LogP contribution in [0.4, 0.5) is 18.9 Å². The first-order valence-corrected chi connectivity index (χ1v) is 8.57. The third-order valence-electron chi connectivity index (χ3n) is 4.33. The molecule has 1 amide bonds. The lowest BCUT2D eigenvalue weighted by Gasteiger charge is -2.30. The van der Waals surface area contributed by atoms with Gasteiger partial charge in [0.15, 0.2) is 6.61 Å². The summed E-state index contributed by atoms with van der Waals surface area (Å²) in [7, 11) is 1.30. The molecule has 27 heavy (non-hydrogen) atoms. The first-order valence-electron chi connectivity index (χ1n) is 8.20. The van der Waals surface area contributed by atoms with Gasteiger partial charge >= 0.3 is 12.1 Å². The molecule has 0 unspecified atom stereocenters. The number of nitrogens with zero attached hydrogens (tertiary/aromatic N) is 1. The SMILES string of the molecule is COc1cc(N)c(Cl)cc1C(=O)OCC(=O)N(CC(F)(F)F)[C@@H](C)C1CC1. The fraction of sp³-hybridized carbons (Fsp3) is 0.529. The molecule has 6 nitrogen and oxygen atoms in total. The summed E-state index contributed by atoms with van der Waals surface area (Å²) in [5, 5.41) is 0.0788. The zero-order valence-corrected chi connectivity index (χ0v) is 15.6. The molecule has 0 heterocycles. The Bertz CT molecular complexity index is 723. The van der Waals surface area contributed by atoms with Crippen molar-refractivity contribution in [1.29, 1.82) is 0 Å². The molecule has 0 bridgehead atoms. The number of carbonyl (C=O) groups is 2. The number of amides is 1. The number of ether oxygens (including phenoxy) is 2. The number of alkyl halides is 3. The highest BCUT2D eigenvalue weighted by atomic mass is 35.5. The number of nitrogens with two attached hydrogens (primary N) is 1.